The fraction of sp³-hybridized carbons (Fsp3) is 0.121. The fourth-order valence-electron chi connectivity index (χ4n) is 3.96. The minimum absolute atomic E-state index is 0.0103. The first-order valence-electron chi connectivity index (χ1n) is 13.3. The first-order chi connectivity index (χ1) is 21.3. The minimum atomic E-state index is -0.537. The molecule has 0 fully saturated rings. The van der Waals surface area contributed by atoms with Gasteiger partial charge >= 0.3 is 0 Å². The van der Waals surface area contributed by atoms with Crippen LogP contribution in [0.25, 0.3) is 6.08 Å². The van der Waals surface area contributed by atoms with Gasteiger partial charge in [0.15, 0.2) is 0 Å². The lowest BCUT2D eigenvalue weighted by Crippen LogP contribution is -2.30. The zero-order valence-corrected chi connectivity index (χ0v) is 25.8. The maximum atomic E-state index is 13.4. The molecule has 11 heteroatoms. The second-order valence-electron chi connectivity index (χ2n) is 9.15. The number of rotatable bonds is 12. The van der Waals surface area contributed by atoms with E-state index in [0.29, 0.717) is 44.8 Å². The van der Waals surface area contributed by atoms with Gasteiger partial charge in [0.25, 0.3) is 11.8 Å². The predicted molar refractivity (Wildman–Crippen MR) is 174 cm³/mol. The maximum absolute atomic E-state index is 13.4. The number of anilines is 2. The number of carbonyl (C=O) groups is 3. The number of nitrogens with one attached hydrogen (secondary N) is 3. The van der Waals surface area contributed by atoms with Gasteiger partial charge < -0.3 is 30.2 Å². The summed E-state index contributed by atoms with van der Waals surface area (Å²) >= 11 is 7.46. The van der Waals surface area contributed by atoms with Crippen molar-refractivity contribution in [1.82, 2.24) is 5.32 Å². The normalized spacial score (nSPS) is 10.9. The van der Waals surface area contributed by atoms with E-state index in [2.05, 4.69) is 16.0 Å². The molecule has 226 valence electrons. The predicted octanol–water partition coefficient (Wildman–Crippen LogP) is 6.51. The van der Waals surface area contributed by atoms with Crippen molar-refractivity contribution in [3.05, 3.63) is 113 Å². The van der Waals surface area contributed by atoms with Gasteiger partial charge in [0.2, 0.25) is 5.91 Å². The van der Waals surface area contributed by atoms with Crippen LogP contribution in [0, 0.1) is 0 Å². The average Bonchev–Trinajstić information content (AvgIpc) is 3.04. The number of thioether (sulfide) groups is 1. The molecule has 0 aliphatic carbocycles. The van der Waals surface area contributed by atoms with Crippen LogP contribution in [-0.2, 0) is 9.59 Å². The van der Waals surface area contributed by atoms with E-state index in [-0.39, 0.29) is 17.4 Å². The fourth-order valence-corrected chi connectivity index (χ4v) is 4.91. The number of methoxy groups -OCH3 is 3. The van der Waals surface area contributed by atoms with Crippen LogP contribution in [0.1, 0.15) is 15.9 Å². The summed E-state index contributed by atoms with van der Waals surface area (Å²) in [6, 6.07) is 25.7. The topological polar surface area (TPSA) is 115 Å². The summed E-state index contributed by atoms with van der Waals surface area (Å²) in [6.45, 7) is 0. The molecule has 0 heterocycles. The second kappa shape index (κ2) is 15.5. The van der Waals surface area contributed by atoms with E-state index in [1.54, 1.807) is 98.1 Å². The molecule has 0 saturated carbocycles. The summed E-state index contributed by atoms with van der Waals surface area (Å²) in [6.07, 6.45) is 1.53. The molecular formula is C33H30ClN3O6S. The largest absolute Gasteiger partial charge is 0.497 e. The third kappa shape index (κ3) is 8.79. The van der Waals surface area contributed by atoms with E-state index in [1.165, 1.54) is 32.1 Å². The molecule has 0 aliphatic heterocycles. The smallest absolute Gasteiger partial charge is 0.272 e. The Labute approximate surface area is 264 Å². The number of carbonyl (C=O) groups excluding carboxylic acids is 3. The van der Waals surface area contributed by atoms with Crippen LogP contribution in [0.15, 0.2) is 102 Å². The highest BCUT2D eigenvalue weighted by Crippen LogP contribution is 2.28. The Balaban J connectivity index is 1.44. The lowest BCUT2D eigenvalue weighted by Gasteiger charge is -2.13. The Kier molecular flexibility index (Phi) is 11.3. The number of hydrogen-bond acceptors (Lipinski definition) is 7. The van der Waals surface area contributed by atoms with Gasteiger partial charge in [-0.25, -0.2) is 0 Å². The van der Waals surface area contributed by atoms with E-state index in [9.17, 15) is 14.4 Å². The van der Waals surface area contributed by atoms with Crippen LogP contribution in [-0.4, -0.2) is 44.8 Å². The Morgan fingerprint density at radius 3 is 2.14 bits per heavy atom. The monoisotopic (exact) mass is 631 g/mol. The lowest BCUT2D eigenvalue weighted by molar-refractivity contribution is -0.114. The van der Waals surface area contributed by atoms with Gasteiger partial charge in [-0.3, -0.25) is 14.4 Å². The van der Waals surface area contributed by atoms with E-state index in [0.717, 1.165) is 4.90 Å². The van der Waals surface area contributed by atoms with Crippen molar-refractivity contribution >= 4 is 58.5 Å². The first-order valence-corrected chi connectivity index (χ1v) is 14.6. The molecular weight excluding hydrogens is 602 g/mol. The van der Waals surface area contributed by atoms with E-state index >= 15 is 0 Å². The summed E-state index contributed by atoms with van der Waals surface area (Å²) in [5.41, 5.74) is 2.03. The quantitative estimate of drug-likeness (QED) is 0.121. The second-order valence-corrected chi connectivity index (χ2v) is 10.6. The van der Waals surface area contributed by atoms with E-state index in [4.69, 9.17) is 25.8 Å². The molecule has 0 unspecified atom stereocenters. The molecule has 4 rings (SSSR count). The molecule has 4 aromatic rings. The Bertz CT molecular complexity index is 1660. The van der Waals surface area contributed by atoms with Crippen molar-refractivity contribution in [3.8, 4) is 17.2 Å². The molecule has 3 amide bonds. The van der Waals surface area contributed by atoms with Gasteiger partial charge in [-0.05, 0) is 72.8 Å². The van der Waals surface area contributed by atoms with Gasteiger partial charge in [0.1, 0.15) is 22.9 Å². The molecule has 0 bridgehead atoms. The SMILES string of the molecule is COc1ccc(/C=C(\NC(=O)c2ccccc2)C(=O)Nc2ccc(SCC(=O)Nc3ccc(OC)c(Cl)c3)cc2)c(OC)c1. The molecule has 0 radical (unpaired) electrons. The van der Waals surface area contributed by atoms with Crippen molar-refractivity contribution in [2.24, 2.45) is 0 Å². The molecule has 44 heavy (non-hydrogen) atoms. The molecule has 0 spiro atoms. The van der Waals surface area contributed by atoms with Crippen LogP contribution in [0.2, 0.25) is 5.02 Å². The summed E-state index contributed by atoms with van der Waals surface area (Å²) in [5, 5.41) is 8.74. The molecule has 0 saturated heterocycles. The van der Waals surface area contributed by atoms with Gasteiger partial charge in [-0.15, -0.1) is 11.8 Å². The van der Waals surface area contributed by atoms with Crippen molar-refractivity contribution in [1.29, 1.82) is 0 Å². The van der Waals surface area contributed by atoms with Crippen molar-refractivity contribution < 1.29 is 28.6 Å². The first kappa shape index (κ1) is 32.0. The van der Waals surface area contributed by atoms with Crippen LogP contribution in [0.5, 0.6) is 17.2 Å². The van der Waals surface area contributed by atoms with Crippen molar-refractivity contribution in [2.75, 3.05) is 37.7 Å². The number of hydrogen-bond donors (Lipinski definition) is 3. The summed E-state index contributed by atoms with van der Waals surface area (Å²) < 4.78 is 15.9. The Morgan fingerprint density at radius 2 is 1.48 bits per heavy atom. The lowest BCUT2D eigenvalue weighted by atomic mass is 10.1. The molecule has 0 aliphatic rings. The van der Waals surface area contributed by atoms with Gasteiger partial charge in [0, 0.05) is 33.5 Å². The third-order valence-electron chi connectivity index (χ3n) is 6.19. The Hall–Kier alpha value is -4.93. The molecule has 4 aromatic carbocycles. The molecule has 0 aromatic heterocycles. The summed E-state index contributed by atoms with van der Waals surface area (Å²) in [7, 11) is 4.57. The highest BCUT2D eigenvalue weighted by molar-refractivity contribution is 8.00. The van der Waals surface area contributed by atoms with Crippen LogP contribution in [0.4, 0.5) is 11.4 Å². The van der Waals surface area contributed by atoms with Crippen molar-refractivity contribution in [3.63, 3.8) is 0 Å². The molecule has 9 nitrogen and oxygen atoms in total. The van der Waals surface area contributed by atoms with Gasteiger partial charge in [0.05, 0.1) is 32.1 Å². The minimum Gasteiger partial charge on any atom is -0.497 e. The Morgan fingerprint density at radius 1 is 0.773 bits per heavy atom. The number of ether oxygens (including phenoxy) is 3. The molecule has 3 N–H and O–H groups in total. The standard InChI is InChI=1S/C33H30ClN3O6S/c1-41-25-13-9-22(30(19-25)43-3)17-28(37-32(39)21-7-5-4-6-8-21)33(40)36-23-10-14-26(15-11-23)44-20-31(38)35-24-12-16-29(42-2)27(34)18-24/h4-19H,20H2,1-3H3,(H,35,38)(H,36,40)(H,37,39)/b28-17-. The maximum Gasteiger partial charge on any atom is 0.272 e. The average molecular weight is 632 g/mol. The number of halogens is 1. The van der Waals surface area contributed by atoms with Crippen molar-refractivity contribution in [2.45, 2.75) is 4.90 Å². The zero-order chi connectivity index (χ0) is 31.5. The highest BCUT2D eigenvalue weighted by atomic mass is 35.5. The summed E-state index contributed by atoms with van der Waals surface area (Å²) in [5.74, 6) is 0.547. The number of amides is 3. The van der Waals surface area contributed by atoms with Crippen LogP contribution >= 0.6 is 23.4 Å². The van der Waals surface area contributed by atoms with E-state index in [1.807, 2.05) is 0 Å². The number of benzene rings is 4. The van der Waals surface area contributed by atoms with Gasteiger partial charge in [-0.2, -0.15) is 0 Å². The zero-order valence-electron chi connectivity index (χ0n) is 24.2. The molecule has 0 atom stereocenters. The van der Waals surface area contributed by atoms with Crippen LogP contribution < -0.4 is 30.2 Å². The highest BCUT2D eigenvalue weighted by Gasteiger charge is 2.17. The van der Waals surface area contributed by atoms with Crippen LogP contribution in [0.3, 0.4) is 0 Å². The summed E-state index contributed by atoms with van der Waals surface area (Å²) in [4.78, 5) is 39.6. The van der Waals surface area contributed by atoms with E-state index < -0.39 is 11.8 Å². The third-order valence-corrected chi connectivity index (χ3v) is 7.49. The van der Waals surface area contributed by atoms with Gasteiger partial charge in [-0.1, -0.05) is 29.8 Å².